The highest BCUT2D eigenvalue weighted by Gasteiger charge is 2.16. The number of nitrogens with one attached hydrogen (secondary N) is 1. The van der Waals surface area contributed by atoms with Gasteiger partial charge in [0.05, 0.1) is 17.9 Å². The Labute approximate surface area is 132 Å². The average Bonchev–Trinajstić information content (AvgIpc) is 3.24. The van der Waals surface area contributed by atoms with Crippen molar-refractivity contribution in [3.63, 3.8) is 0 Å². The third-order valence-electron chi connectivity index (χ3n) is 3.56. The molecule has 0 radical (unpaired) electrons. The fraction of sp³-hybridized carbons (Fsp3) is 0. The molecule has 0 atom stereocenters. The van der Waals surface area contributed by atoms with Crippen molar-refractivity contribution in [3.8, 4) is 17.5 Å². The molecule has 0 unspecified atom stereocenters. The molecular weight excluding hydrogens is 288 g/mol. The van der Waals surface area contributed by atoms with E-state index in [-0.39, 0.29) is 0 Å². The van der Waals surface area contributed by atoms with Crippen molar-refractivity contribution in [2.24, 2.45) is 0 Å². The highest BCUT2D eigenvalue weighted by atomic mass is 16.3. The van der Waals surface area contributed by atoms with Gasteiger partial charge in [-0.2, -0.15) is 5.26 Å². The van der Waals surface area contributed by atoms with E-state index in [0.29, 0.717) is 11.3 Å². The third-order valence-corrected chi connectivity index (χ3v) is 3.56. The molecule has 1 aromatic carbocycles. The number of furan rings is 1. The second-order valence-electron chi connectivity index (χ2n) is 5.03. The topological polar surface area (TPSA) is 66.3 Å². The molecule has 5 nitrogen and oxygen atoms in total. The molecule has 0 aliphatic heterocycles. The zero-order valence-electron chi connectivity index (χ0n) is 12.1. The summed E-state index contributed by atoms with van der Waals surface area (Å²) in [5.74, 6) is 1.52. The number of fused-ring (bicyclic) bond motifs is 1. The van der Waals surface area contributed by atoms with E-state index in [0.717, 1.165) is 22.8 Å². The van der Waals surface area contributed by atoms with Crippen LogP contribution in [-0.2, 0) is 0 Å². The van der Waals surface area contributed by atoms with Gasteiger partial charge in [0.25, 0.3) is 0 Å². The first kappa shape index (κ1) is 13.2. The smallest absolute Gasteiger partial charge is 0.156 e. The normalized spacial score (nSPS) is 10.6. The first-order valence-corrected chi connectivity index (χ1v) is 7.13. The van der Waals surface area contributed by atoms with E-state index in [1.807, 2.05) is 53.1 Å². The van der Waals surface area contributed by atoms with Crippen LogP contribution in [-0.4, -0.2) is 9.38 Å². The number of hydrogen-bond acceptors (Lipinski definition) is 4. The Kier molecular flexibility index (Phi) is 3.06. The summed E-state index contributed by atoms with van der Waals surface area (Å²) >= 11 is 0. The lowest BCUT2D eigenvalue weighted by molar-refractivity contribution is 0.581. The fourth-order valence-corrected chi connectivity index (χ4v) is 2.47. The Bertz CT molecular complexity index is 992. The third kappa shape index (κ3) is 2.32. The Morgan fingerprint density at radius 1 is 1.04 bits per heavy atom. The van der Waals surface area contributed by atoms with Crippen LogP contribution in [0.5, 0.6) is 0 Å². The number of imidazole rings is 1. The summed E-state index contributed by atoms with van der Waals surface area (Å²) in [6, 6.07) is 19.0. The molecule has 5 heteroatoms. The summed E-state index contributed by atoms with van der Waals surface area (Å²) in [6.07, 6.45) is 3.57. The maximum atomic E-state index is 8.90. The minimum absolute atomic E-state index is 0.625. The molecule has 3 aromatic heterocycles. The van der Waals surface area contributed by atoms with Crippen LogP contribution in [0.2, 0.25) is 0 Å². The minimum Gasteiger partial charge on any atom is -0.463 e. The molecule has 110 valence electrons. The quantitative estimate of drug-likeness (QED) is 0.615. The number of benzene rings is 1. The van der Waals surface area contributed by atoms with E-state index >= 15 is 0 Å². The average molecular weight is 300 g/mol. The molecule has 0 saturated carbocycles. The maximum Gasteiger partial charge on any atom is 0.156 e. The van der Waals surface area contributed by atoms with E-state index in [1.54, 1.807) is 18.4 Å². The number of rotatable bonds is 3. The molecule has 4 rings (SSSR count). The highest BCUT2D eigenvalue weighted by Crippen LogP contribution is 2.31. The van der Waals surface area contributed by atoms with Gasteiger partial charge in [-0.05, 0) is 48.5 Å². The van der Waals surface area contributed by atoms with Gasteiger partial charge < -0.3 is 9.73 Å². The second-order valence-corrected chi connectivity index (χ2v) is 5.03. The van der Waals surface area contributed by atoms with Crippen LogP contribution < -0.4 is 5.32 Å². The van der Waals surface area contributed by atoms with Gasteiger partial charge in [0.1, 0.15) is 17.2 Å². The predicted octanol–water partition coefficient (Wildman–Crippen LogP) is 4.21. The van der Waals surface area contributed by atoms with Gasteiger partial charge in [0.2, 0.25) is 0 Å². The van der Waals surface area contributed by atoms with Crippen LogP contribution in [0.3, 0.4) is 0 Å². The van der Waals surface area contributed by atoms with E-state index in [9.17, 15) is 0 Å². The molecule has 0 aliphatic rings. The Balaban J connectivity index is 1.84. The van der Waals surface area contributed by atoms with Crippen molar-refractivity contribution < 1.29 is 4.42 Å². The van der Waals surface area contributed by atoms with Crippen molar-refractivity contribution in [2.45, 2.75) is 0 Å². The largest absolute Gasteiger partial charge is 0.463 e. The first-order chi connectivity index (χ1) is 11.3. The summed E-state index contributed by atoms with van der Waals surface area (Å²) in [7, 11) is 0. The highest BCUT2D eigenvalue weighted by molar-refractivity contribution is 5.77. The van der Waals surface area contributed by atoms with Gasteiger partial charge in [0, 0.05) is 11.9 Å². The van der Waals surface area contributed by atoms with Crippen molar-refractivity contribution in [1.29, 1.82) is 5.26 Å². The fourth-order valence-electron chi connectivity index (χ4n) is 2.47. The predicted molar refractivity (Wildman–Crippen MR) is 87.3 cm³/mol. The van der Waals surface area contributed by atoms with E-state index in [2.05, 4.69) is 16.4 Å². The van der Waals surface area contributed by atoms with E-state index in [1.165, 1.54) is 0 Å². The molecule has 4 aromatic rings. The van der Waals surface area contributed by atoms with Crippen molar-refractivity contribution in [1.82, 2.24) is 9.38 Å². The molecule has 0 aliphatic carbocycles. The number of nitrogens with zero attached hydrogens (tertiary/aromatic N) is 3. The number of aromatic nitrogens is 2. The zero-order valence-corrected chi connectivity index (χ0v) is 12.1. The van der Waals surface area contributed by atoms with Gasteiger partial charge >= 0.3 is 0 Å². The second kappa shape index (κ2) is 5.35. The van der Waals surface area contributed by atoms with Crippen molar-refractivity contribution >= 4 is 17.2 Å². The summed E-state index contributed by atoms with van der Waals surface area (Å²) < 4.78 is 7.47. The van der Waals surface area contributed by atoms with Crippen LogP contribution >= 0.6 is 0 Å². The van der Waals surface area contributed by atoms with E-state index in [4.69, 9.17) is 9.68 Å². The maximum absolute atomic E-state index is 8.90. The zero-order chi connectivity index (χ0) is 15.6. The van der Waals surface area contributed by atoms with Gasteiger partial charge in [-0.3, -0.25) is 4.40 Å². The monoisotopic (exact) mass is 300 g/mol. The molecule has 0 amide bonds. The number of anilines is 2. The first-order valence-electron chi connectivity index (χ1n) is 7.13. The molecule has 3 heterocycles. The molecule has 0 spiro atoms. The van der Waals surface area contributed by atoms with Crippen LogP contribution in [0.15, 0.2) is 71.5 Å². The van der Waals surface area contributed by atoms with Crippen LogP contribution in [0, 0.1) is 11.3 Å². The molecule has 0 fully saturated rings. The van der Waals surface area contributed by atoms with Crippen LogP contribution in [0.1, 0.15) is 5.56 Å². The lowest BCUT2D eigenvalue weighted by atomic mass is 10.2. The minimum atomic E-state index is 0.625. The lowest BCUT2D eigenvalue weighted by Crippen LogP contribution is -1.96. The summed E-state index contributed by atoms with van der Waals surface area (Å²) in [6.45, 7) is 0. The van der Waals surface area contributed by atoms with Crippen LogP contribution in [0.4, 0.5) is 11.5 Å². The standard InChI is InChI=1S/C18H12N4O/c19-12-13-6-8-14(9-7-13)20-18-17(15-4-3-11-23-15)21-16-5-1-2-10-22(16)18/h1-11,20H. The van der Waals surface area contributed by atoms with Gasteiger partial charge in [-0.1, -0.05) is 6.07 Å². The lowest BCUT2D eigenvalue weighted by Gasteiger charge is -2.08. The Hall–Kier alpha value is -3.52. The van der Waals surface area contributed by atoms with Gasteiger partial charge in [-0.15, -0.1) is 0 Å². The van der Waals surface area contributed by atoms with E-state index < -0.39 is 0 Å². The summed E-state index contributed by atoms with van der Waals surface area (Å²) in [5, 5.41) is 12.3. The summed E-state index contributed by atoms with van der Waals surface area (Å²) in [5.41, 5.74) is 3.07. The van der Waals surface area contributed by atoms with Crippen molar-refractivity contribution in [3.05, 3.63) is 72.6 Å². The Morgan fingerprint density at radius 2 is 1.91 bits per heavy atom. The number of hydrogen-bond donors (Lipinski definition) is 1. The molecule has 23 heavy (non-hydrogen) atoms. The Morgan fingerprint density at radius 3 is 2.65 bits per heavy atom. The molecule has 0 saturated heterocycles. The number of pyridine rings is 1. The van der Waals surface area contributed by atoms with Crippen molar-refractivity contribution in [2.75, 3.05) is 5.32 Å². The molecule has 0 bridgehead atoms. The van der Waals surface area contributed by atoms with Gasteiger partial charge in [-0.25, -0.2) is 4.98 Å². The molecular formula is C18H12N4O. The molecule has 1 N–H and O–H groups in total. The number of nitriles is 1. The SMILES string of the molecule is N#Cc1ccc(Nc2c(-c3ccco3)nc3ccccn23)cc1. The summed E-state index contributed by atoms with van der Waals surface area (Å²) in [4.78, 5) is 4.64. The van der Waals surface area contributed by atoms with Crippen LogP contribution in [0.25, 0.3) is 17.1 Å². The van der Waals surface area contributed by atoms with Gasteiger partial charge in [0.15, 0.2) is 5.76 Å².